The molecule has 0 saturated heterocycles. The maximum atomic E-state index is 12.7. The molecule has 11 heteroatoms. The van der Waals surface area contributed by atoms with Crippen LogP contribution < -0.4 is 19.5 Å². The minimum atomic E-state index is -3.97. The number of amides is 1. The summed E-state index contributed by atoms with van der Waals surface area (Å²) in [5.74, 6) is -0.0890. The summed E-state index contributed by atoms with van der Waals surface area (Å²) in [6, 6.07) is 10.4. The van der Waals surface area contributed by atoms with Crippen LogP contribution in [0.3, 0.4) is 0 Å². The smallest absolute Gasteiger partial charge is 0.296 e. The van der Waals surface area contributed by atoms with E-state index in [0.29, 0.717) is 13.0 Å². The van der Waals surface area contributed by atoms with Gasteiger partial charge in [0.25, 0.3) is 20.2 Å². The van der Waals surface area contributed by atoms with Crippen LogP contribution in [-0.2, 0) is 31.4 Å². The van der Waals surface area contributed by atoms with Gasteiger partial charge in [-0.25, -0.2) is 13.6 Å². The Kier molecular flexibility index (Phi) is 5.33. The molecule has 0 atom stereocenters. The summed E-state index contributed by atoms with van der Waals surface area (Å²) in [5.41, 5.74) is 1.81. The lowest BCUT2D eigenvalue weighted by Gasteiger charge is -2.28. The van der Waals surface area contributed by atoms with Crippen LogP contribution in [0.4, 0.5) is 17.1 Å². The van der Waals surface area contributed by atoms with Crippen molar-refractivity contribution in [1.82, 2.24) is 0 Å². The van der Waals surface area contributed by atoms with Crippen molar-refractivity contribution in [3.8, 4) is 0 Å². The van der Waals surface area contributed by atoms with Gasteiger partial charge in [0.1, 0.15) is 0 Å². The summed E-state index contributed by atoms with van der Waals surface area (Å²) in [6.07, 6.45) is 1.43. The molecule has 3 rings (SSSR count). The molecule has 0 aliphatic carbocycles. The molecule has 0 spiro atoms. The van der Waals surface area contributed by atoms with E-state index in [0.717, 1.165) is 17.7 Å². The van der Waals surface area contributed by atoms with Crippen molar-refractivity contribution in [2.24, 2.45) is 5.14 Å². The van der Waals surface area contributed by atoms with Crippen molar-refractivity contribution in [2.45, 2.75) is 24.7 Å². The standard InChI is InChI=1S/C17H20N4O5S2/c1-12(22)21-9-3-4-13-10-16(7-8-17(13)21)27(23,24)19-14-5-2-6-15(11-14)20-28(18,25)26/h2,5-8,10-11,19-20H,3-4,9H2,1H3,(H2,18,25,26). The lowest BCUT2D eigenvalue weighted by molar-refractivity contribution is -0.116. The molecule has 4 N–H and O–H groups in total. The number of nitrogens with zero attached hydrogens (tertiary/aromatic N) is 1. The molecule has 1 aliphatic rings. The zero-order valence-electron chi connectivity index (χ0n) is 15.0. The van der Waals surface area contributed by atoms with Crippen LogP contribution in [0.25, 0.3) is 0 Å². The summed E-state index contributed by atoms with van der Waals surface area (Å²) < 4.78 is 52.2. The van der Waals surface area contributed by atoms with Gasteiger partial charge in [-0.15, -0.1) is 0 Å². The second kappa shape index (κ2) is 7.41. The molecule has 2 aromatic carbocycles. The molecule has 0 fully saturated rings. The summed E-state index contributed by atoms with van der Waals surface area (Å²) in [4.78, 5) is 13.4. The number of nitrogens with one attached hydrogen (secondary N) is 2. The summed E-state index contributed by atoms with van der Waals surface area (Å²) in [7, 11) is -7.88. The highest BCUT2D eigenvalue weighted by Gasteiger charge is 2.23. The van der Waals surface area contributed by atoms with Crippen LogP contribution in [0.2, 0.25) is 0 Å². The second-order valence-corrected chi connectivity index (χ2v) is 9.37. The van der Waals surface area contributed by atoms with Gasteiger partial charge in [0, 0.05) is 19.2 Å². The third kappa shape index (κ3) is 4.61. The fraction of sp³-hybridized carbons (Fsp3) is 0.235. The van der Waals surface area contributed by atoms with E-state index >= 15 is 0 Å². The Morgan fingerprint density at radius 2 is 1.71 bits per heavy atom. The van der Waals surface area contributed by atoms with Crippen LogP contribution >= 0.6 is 0 Å². The molecular formula is C17H20N4O5S2. The molecule has 9 nitrogen and oxygen atoms in total. The Morgan fingerprint density at radius 1 is 1.04 bits per heavy atom. The Bertz CT molecular complexity index is 1130. The number of benzene rings is 2. The van der Waals surface area contributed by atoms with Gasteiger partial charge in [0.2, 0.25) is 5.91 Å². The quantitative estimate of drug-likeness (QED) is 0.666. The van der Waals surface area contributed by atoms with Gasteiger partial charge in [-0.3, -0.25) is 14.2 Å². The number of carbonyl (C=O) groups is 1. The van der Waals surface area contributed by atoms with Crippen LogP contribution in [-0.4, -0.2) is 29.3 Å². The number of aryl methyl sites for hydroxylation is 1. The van der Waals surface area contributed by atoms with Crippen molar-refractivity contribution in [1.29, 1.82) is 0 Å². The van der Waals surface area contributed by atoms with Gasteiger partial charge in [0.15, 0.2) is 0 Å². The summed E-state index contributed by atoms with van der Waals surface area (Å²) in [5, 5.41) is 4.93. The van der Waals surface area contributed by atoms with Crippen molar-refractivity contribution in [2.75, 3.05) is 20.9 Å². The number of hydrogen-bond acceptors (Lipinski definition) is 5. The molecule has 150 valence electrons. The van der Waals surface area contributed by atoms with E-state index in [9.17, 15) is 21.6 Å². The maximum absolute atomic E-state index is 12.7. The number of hydrogen-bond donors (Lipinski definition) is 3. The van der Waals surface area contributed by atoms with Crippen LogP contribution in [0.1, 0.15) is 18.9 Å². The molecule has 0 saturated carbocycles. The third-order valence-corrected chi connectivity index (χ3v) is 6.13. The van der Waals surface area contributed by atoms with E-state index in [-0.39, 0.29) is 22.2 Å². The monoisotopic (exact) mass is 424 g/mol. The molecule has 1 aliphatic heterocycles. The topological polar surface area (TPSA) is 139 Å². The van der Waals surface area contributed by atoms with E-state index in [2.05, 4.69) is 9.44 Å². The lowest BCUT2D eigenvalue weighted by Crippen LogP contribution is -2.33. The molecule has 2 aromatic rings. The number of rotatable bonds is 5. The van der Waals surface area contributed by atoms with E-state index in [1.807, 2.05) is 0 Å². The second-order valence-electron chi connectivity index (χ2n) is 6.40. The number of anilines is 3. The first-order chi connectivity index (χ1) is 13.0. The first-order valence-corrected chi connectivity index (χ1v) is 11.4. The van der Waals surface area contributed by atoms with E-state index in [1.165, 1.54) is 37.3 Å². The minimum absolute atomic E-state index is 0.0569. The number of nitrogens with two attached hydrogens (primary N) is 1. The highest BCUT2D eigenvalue weighted by atomic mass is 32.2. The maximum Gasteiger partial charge on any atom is 0.296 e. The number of fused-ring (bicyclic) bond motifs is 1. The predicted octanol–water partition coefficient (Wildman–Crippen LogP) is 1.40. The number of sulfonamides is 1. The van der Waals surface area contributed by atoms with Crippen molar-refractivity contribution in [3.63, 3.8) is 0 Å². The fourth-order valence-corrected chi connectivity index (χ4v) is 4.65. The molecule has 1 heterocycles. The predicted molar refractivity (Wildman–Crippen MR) is 107 cm³/mol. The van der Waals surface area contributed by atoms with E-state index < -0.39 is 20.2 Å². The molecule has 28 heavy (non-hydrogen) atoms. The van der Waals surface area contributed by atoms with E-state index in [4.69, 9.17) is 5.14 Å². The van der Waals surface area contributed by atoms with Gasteiger partial charge in [-0.05, 0) is 54.8 Å². The zero-order chi connectivity index (χ0) is 20.5. The molecule has 0 unspecified atom stereocenters. The Morgan fingerprint density at radius 3 is 2.36 bits per heavy atom. The van der Waals surface area contributed by atoms with Gasteiger partial charge in [0.05, 0.1) is 16.3 Å². The third-order valence-electron chi connectivity index (χ3n) is 4.23. The molecule has 0 radical (unpaired) electrons. The zero-order valence-corrected chi connectivity index (χ0v) is 16.7. The average Bonchev–Trinajstić information content (AvgIpc) is 2.59. The van der Waals surface area contributed by atoms with Crippen molar-refractivity contribution >= 4 is 43.2 Å². The van der Waals surface area contributed by atoms with Crippen LogP contribution in [0.15, 0.2) is 47.4 Å². The van der Waals surface area contributed by atoms with Gasteiger partial charge < -0.3 is 4.90 Å². The summed E-state index contributed by atoms with van der Waals surface area (Å²) in [6.45, 7) is 2.08. The Labute approximate surface area is 163 Å². The van der Waals surface area contributed by atoms with Gasteiger partial charge in [-0.2, -0.15) is 8.42 Å². The van der Waals surface area contributed by atoms with Crippen LogP contribution in [0.5, 0.6) is 0 Å². The summed E-state index contributed by atoms with van der Waals surface area (Å²) >= 11 is 0. The largest absolute Gasteiger partial charge is 0.312 e. The fourth-order valence-electron chi connectivity index (χ4n) is 3.09. The molecule has 0 bridgehead atoms. The SMILES string of the molecule is CC(=O)N1CCCc2cc(S(=O)(=O)Nc3cccc(NS(N)(=O)=O)c3)ccc21. The molecule has 1 amide bonds. The lowest BCUT2D eigenvalue weighted by atomic mass is 10.0. The normalized spacial score (nSPS) is 14.3. The Hall–Kier alpha value is -2.63. The minimum Gasteiger partial charge on any atom is -0.312 e. The average molecular weight is 425 g/mol. The van der Waals surface area contributed by atoms with Crippen LogP contribution in [0, 0.1) is 0 Å². The molecular weight excluding hydrogens is 404 g/mol. The molecule has 0 aromatic heterocycles. The van der Waals surface area contributed by atoms with Crippen molar-refractivity contribution < 1.29 is 21.6 Å². The first-order valence-electron chi connectivity index (χ1n) is 8.40. The highest BCUT2D eigenvalue weighted by Crippen LogP contribution is 2.30. The highest BCUT2D eigenvalue weighted by molar-refractivity contribution is 7.92. The first kappa shape index (κ1) is 20.1. The Balaban J connectivity index is 1.88. The van der Waals surface area contributed by atoms with Gasteiger partial charge in [-0.1, -0.05) is 6.07 Å². The van der Waals surface area contributed by atoms with Crippen molar-refractivity contribution in [3.05, 3.63) is 48.0 Å². The van der Waals surface area contributed by atoms with Gasteiger partial charge >= 0.3 is 0 Å². The number of carbonyl (C=O) groups excluding carboxylic acids is 1. The van der Waals surface area contributed by atoms with E-state index in [1.54, 1.807) is 17.0 Å².